The lowest BCUT2D eigenvalue weighted by Gasteiger charge is -2.15. The van der Waals surface area contributed by atoms with Crippen molar-refractivity contribution in [3.8, 4) is 11.8 Å². The third kappa shape index (κ3) is 4.70. The van der Waals surface area contributed by atoms with E-state index in [2.05, 4.69) is 41.9 Å². The molecule has 0 saturated heterocycles. The van der Waals surface area contributed by atoms with E-state index in [1.807, 2.05) is 24.0 Å². The third-order valence-electron chi connectivity index (χ3n) is 3.36. The van der Waals surface area contributed by atoms with Crippen molar-refractivity contribution in [1.82, 2.24) is 14.7 Å². The van der Waals surface area contributed by atoms with Crippen molar-refractivity contribution in [2.75, 3.05) is 7.05 Å². The van der Waals surface area contributed by atoms with Gasteiger partial charge >= 0.3 is 0 Å². The highest BCUT2D eigenvalue weighted by atomic mass is 32.1. The second-order valence-corrected chi connectivity index (χ2v) is 7.29. The second-order valence-electron chi connectivity index (χ2n) is 6.13. The summed E-state index contributed by atoms with van der Waals surface area (Å²) in [5.74, 6) is 5.87. The van der Waals surface area contributed by atoms with Gasteiger partial charge in [0.15, 0.2) is 0 Å². The summed E-state index contributed by atoms with van der Waals surface area (Å²) in [7, 11) is 4.07. The van der Waals surface area contributed by atoms with Crippen LogP contribution in [0.4, 0.5) is 0 Å². The number of rotatable bonds is 4. The first-order chi connectivity index (χ1) is 10.2. The Kier molecular flexibility index (Phi) is 5.07. The van der Waals surface area contributed by atoms with E-state index in [9.17, 15) is 5.11 Å². The molecule has 0 radical (unpaired) electrons. The SMILES string of the molecule is Cc1c(CN(C)Cc2ccc(C#CC(C)(C)O)s2)cnn1C. The number of hydrogen-bond acceptors (Lipinski definition) is 4. The maximum absolute atomic E-state index is 9.64. The molecular weight excluding hydrogens is 294 g/mol. The predicted molar refractivity (Wildman–Crippen MR) is 90.6 cm³/mol. The molecule has 22 heavy (non-hydrogen) atoms. The predicted octanol–water partition coefficient (Wildman–Crippen LogP) is 2.54. The molecule has 0 aromatic carbocycles. The van der Waals surface area contributed by atoms with Gasteiger partial charge in [-0.05, 0) is 40.0 Å². The van der Waals surface area contributed by atoms with Crippen molar-refractivity contribution in [1.29, 1.82) is 0 Å². The Bertz CT molecular complexity index is 698. The normalized spacial score (nSPS) is 11.6. The zero-order valence-corrected chi connectivity index (χ0v) is 14.7. The van der Waals surface area contributed by atoms with Crippen LogP contribution in [0, 0.1) is 18.8 Å². The van der Waals surface area contributed by atoms with Crippen LogP contribution in [0.1, 0.15) is 34.9 Å². The molecule has 0 saturated carbocycles. The molecular formula is C17H23N3OS. The number of aromatic nitrogens is 2. The molecule has 2 aromatic heterocycles. The molecule has 5 heteroatoms. The van der Waals surface area contributed by atoms with Crippen LogP contribution in [0.25, 0.3) is 0 Å². The van der Waals surface area contributed by atoms with Gasteiger partial charge in [0.05, 0.1) is 11.1 Å². The first-order valence-corrected chi connectivity index (χ1v) is 8.06. The summed E-state index contributed by atoms with van der Waals surface area (Å²) in [4.78, 5) is 4.52. The molecule has 0 atom stereocenters. The summed E-state index contributed by atoms with van der Waals surface area (Å²) in [5, 5.41) is 13.9. The van der Waals surface area contributed by atoms with Crippen LogP contribution in [0.2, 0.25) is 0 Å². The molecule has 4 nitrogen and oxygen atoms in total. The summed E-state index contributed by atoms with van der Waals surface area (Å²) in [5.41, 5.74) is 1.51. The Morgan fingerprint density at radius 2 is 2.09 bits per heavy atom. The van der Waals surface area contributed by atoms with Crippen LogP contribution in [0.5, 0.6) is 0 Å². The minimum Gasteiger partial charge on any atom is -0.378 e. The van der Waals surface area contributed by atoms with Gasteiger partial charge < -0.3 is 5.11 Å². The van der Waals surface area contributed by atoms with Crippen molar-refractivity contribution >= 4 is 11.3 Å². The van der Waals surface area contributed by atoms with Gasteiger partial charge in [0, 0.05) is 36.3 Å². The molecule has 0 amide bonds. The highest BCUT2D eigenvalue weighted by Crippen LogP contribution is 2.19. The summed E-state index contributed by atoms with van der Waals surface area (Å²) >= 11 is 1.67. The average molecular weight is 317 g/mol. The molecule has 2 rings (SSSR count). The standard InChI is InChI=1S/C17H23N3OS/c1-13-14(10-18-20(13)5)11-19(4)12-16-7-6-15(22-16)8-9-17(2,3)21/h6-7,10,21H,11-12H2,1-5H3. The van der Waals surface area contributed by atoms with Gasteiger partial charge in [-0.25, -0.2) is 0 Å². The Morgan fingerprint density at radius 1 is 1.36 bits per heavy atom. The first kappa shape index (κ1) is 16.8. The van der Waals surface area contributed by atoms with Gasteiger partial charge in [-0.2, -0.15) is 5.10 Å². The molecule has 0 bridgehead atoms. The molecule has 0 fully saturated rings. The van der Waals surface area contributed by atoms with Crippen molar-refractivity contribution in [2.24, 2.45) is 7.05 Å². The maximum Gasteiger partial charge on any atom is 0.120 e. The van der Waals surface area contributed by atoms with E-state index < -0.39 is 5.60 Å². The first-order valence-electron chi connectivity index (χ1n) is 7.25. The molecule has 0 aliphatic rings. The van der Waals surface area contributed by atoms with Gasteiger partial charge in [0.2, 0.25) is 0 Å². The Labute approximate surface area is 136 Å². The topological polar surface area (TPSA) is 41.3 Å². The van der Waals surface area contributed by atoms with E-state index in [1.165, 1.54) is 16.1 Å². The van der Waals surface area contributed by atoms with Crippen molar-refractivity contribution in [3.05, 3.63) is 39.3 Å². The highest BCUT2D eigenvalue weighted by Gasteiger charge is 2.09. The molecule has 2 heterocycles. The number of thiophene rings is 1. The van der Waals surface area contributed by atoms with Gasteiger partial charge in [0.25, 0.3) is 0 Å². The summed E-state index contributed by atoms with van der Waals surface area (Å²) < 4.78 is 1.90. The Morgan fingerprint density at radius 3 is 2.68 bits per heavy atom. The van der Waals surface area contributed by atoms with Gasteiger partial charge in [-0.1, -0.05) is 11.8 Å². The van der Waals surface area contributed by atoms with Gasteiger partial charge in [0.1, 0.15) is 5.60 Å². The summed E-state index contributed by atoms with van der Waals surface area (Å²) in [6.45, 7) is 7.23. The largest absolute Gasteiger partial charge is 0.378 e. The van der Waals surface area contributed by atoms with Crippen LogP contribution in [-0.2, 0) is 20.1 Å². The second kappa shape index (κ2) is 6.66. The van der Waals surface area contributed by atoms with E-state index in [0.29, 0.717) is 0 Å². The van der Waals surface area contributed by atoms with Crippen LogP contribution < -0.4 is 0 Å². The lowest BCUT2D eigenvalue weighted by Crippen LogP contribution is -2.16. The number of nitrogens with zero attached hydrogens (tertiary/aromatic N) is 3. The lowest BCUT2D eigenvalue weighted by molar-refractivity contribution is 0.143. The number of aryl methyl sites for hydroxylation is 1. The maximum atomic E-state index is 9.64. The van der Waals surface area contributed by atoms with Crippen LogP contribution >= 0.6 is 11.3 Å². The third-order valence-corrected chi connectivity index (χ3v) is 4.34. The quantitative estimate of drug-likeness (QED) is 0.881. The molecule has 0 spiro atoms. The van der Waals surface area contributed by atoms with Crippen LogP contribution in [-0.4, -0.2) is 32.4 Å². The fourth-order valence-electron chi connectivity index (χ4n) is 2.06. The highest BCUT2D eigenvalue weighted by molar-refractivity contribution is 7.12. The van der Waals surface area contributed by atoms with Crippen LogP contribution in [0.15, 0.2) is 18.3 Å². The van der Waals surface area contributed by atoms with Crippen molar-refractivity contribution in [3.63, 3.8) is 0 Å². The summed E-state index contributed by atoms with van der Waals surface area (Å²) in [6.07, 6.45) is 1.93. The molecule has 118 valence electrons. The van der Waals surface area contributed by atoms with E-state index in [0.717, 1.165) is 18.0 Å². The number of hydrogen-bond donors (Lipinski definition) is 1. The van der Waals surface area contributed by atoms with Crippen molar-refractivity contribution in [2.45, 2.75) is 39.5 Å². The minimum absolute atomic E-state index is 0.877. The molecule has 0 aliphatic carbocycles. The molecule has 1 N–H and O–H groups in total. The van der Waals surface area contributed by atoms with E-state index in [-0.39, 0.29) is 0 Å². The Hall–Kier alpha value is -1.61. The molecule has 2 aromatic rings. The van der Waals surface area contributed by atoms with Gasteiger partial charge in [-0.3, -0.25) is 9.58 Å². The van der Waals surface area contributed by atoms with E-state index >= 15 is 0 Å². The zero-order chi connectivity index (χ0) is 16.3. The van der Waals surface area contributed by atoms with E-state index in [1.54, 1.807) is 25.2 Å². The fraction of sp³-hybridized carbons (Fsp3) is 0.471. The number of aliphatic hydroxyl groups is 1. The monoisotopic (exact) mass is 317 g/mol. The molecule has 0 aliphatic heterocycles. The smallest absolute Gasteiger partial charge is 0.120 e. The van der Waals surface area contributed by atoms with E-state index in [4.69, 9.17) is 0 Å². The minimum atomic E-state index is -0.946. The Balaban J connectivity index is 1.97. The average Bonchev–Trinajstić information content (AvgIpc) is 2.97. The fourth-order valence-corrected chi connectivity index (χ4v) is 3.00. The summed E-state index contributed by atoms with van der Waals surface area (Å²) in [6, 6.07) is 4.12. The lowest BCUT2D eigenvalue weighted by atomic mass is 10.1. The van der Waals surface area contributed by atoms with Gasteiger partial charge in [-0.15, -0.1) is 11.3 Å². The molecule has 0 unspecified atom stereocenters. The van der Waals surface area contributed by atoms with Crippen LogP contribution in [0.3, 0.4) is 0 Å². The van der Waals surface area contributed by atoms with Crippen molar-refractivity contribution < 1.29 is 5.11 Å². The zero-order valence-electron chi connectivity index (χ0n) is 13.8.